The second kappa shape index (κ2) is 4.70. The Balaban J connectivity index is 1.88. The summed E-state index contributed by atoms with van der Waals surface area (Å²) < 4.78 is 5.25. The fourth-order valence-corrected chi connectivity index (χ4v) is 1.86. The number of hydrogen-bond donors (Lipinski definition) is 2. The number of hydrogen-bond acceptors (Lipinski definition) is 4. The van der Waals surface area contributed by atoms with Gasteiger partial charge in [0.15, 0.2) is 5.76 Å². The lowest BCUT2D eigenvalue weighted by Crippen LogP contribution is -2.13. The summed E-state index contributed by atoms with van der Waals surface area (Å²) in [6, 6.07) is 11.3. The molecule has 5 heteroatoms. The van der Waals surface area contributed by atoms with Gasteiger partial charge < -0.3 is 10.2 Å². The molecule has 0 aliphatic carbocycles. The molecular weight excluding hydrogens is 240 g/mol. The summed E-state index contributed by atoms with van der Waals surface area (Å²) in [6.07, 6.45) is 1.59. The van der Waals surface area contributed by atoms with Crippen molar-refractivity contribution in [3.05, 3.63) is 59.6 Å². The molecule has 0 fully saturated rings. The van der Waals surface area contributed by atoms with Crippen LogP contribution in [0, 0.1) is 6.92 Å². The molecule has 0 bridgehead atoms. The van der Waals surface area contributed by atoms with Crippen LogP contribution < -0.4 is 5.73 Å². The molecule has 1 unspecified atom stereocenters. The molecule has 5 nitrogen and oxygen atoms in total. The Hall–Kier alpha value is -2.40. The number of aryl methyl sites for hydroxylation is 1. The summed E-state index contributed by atoms with van der Waals surface area (Å²) in [4.78, 5) is 4.37. The Bertz CT molecular complexity index is 655. The van der Waals surface area contributed by atoms with Crippen LogP contribution in [0.25, 0.3) is 11.6 Å². The highest BCUT2D eigenvalue weighted by atomic mass is 16.3. The lowest BCUT2D eigenvalue weighted by molar-refractivity contribution is 0.577. The molecule has 0 saturated carbocycles. The maximum absolute atomic E-state index is 6.17. The first-order chi connectivity index (χ1) is 9.24. The molecule has 2 heterocycles. The van der Waals surface area contributed by atoms with Crippen LogP contribution in [0.4, 0.5) is 0 Å². The number of nitrogens with zero attached hydrogens (tertiary/aromatic N) is 2. The molecule has 0 aliphatic heterocycles. The van der Waals surface area contributed by atoms with Crippen LogP contribution in [-0.2, 0) is 0 Å². The fraction of sp³-hybridized carbons (Fsp3) is 0.143. The quantitative estimate of drug-likeness (QED) is 0.752. The monoisotopic (exact) mass is 254 g/mol. The van der Waals surface area contributed by atoms with Crippen LogP contribution in [0.2, 0.25) is 0 Å². The average Bonchev–Trinajstić information content (AvgIpc) is 3.10. The van der Waals surface area contributed by atoms with E-state index in [0.29, 0.717) is 17.4 Å². The molecule has 0 spiro atoms. The summed E-state index contributed by atoms with van der Waals surface area (Å²) >= 11 is 0. The number of benzene rings is 1. The predicted octanol–water partition coefficient (Wildman–Crippen LogP) is 2.42. The lowest BCUT2D eigenvalue weighted by Gasteiger charge is -2.08. The van der Waals surface area contributed by atoms with Crippen LogP contribution in [-0.4, -0.2) is 15.2 Å². The Labute approximate surface area is 110 Å². The van der Waals surface area contributed by atoms with Gasteiger partial charge in [-0.05, 0) is 24.6 Å². The highest BCUT2D eigenvalue weighted by molar-refractivity contribution is 5.45. The van der Waals surface area contributed by atoms with Gasteiger partial charge in [0.05, 0.1) is 12.3 Å². The summed E-state index contributed by atoms with van der Waals surface area (Å²) in [5.41, 5.74) is 8.36. The van der Waals surface area contributed by atoms with Gasteiger partial charge in [0.2, 0.25) is 5.82 Å². The Morgan fingerprint density at radius 3 is 2.68 bits per heavy atom. The fourth-order valence-electron chi connectivity index (χ4n) is 1.86. The van der Waals surface area contributed by atoms with Gasteiger partial charge in [-0.3, -0.25) is 5.10 Å². The summed E-state index contributed by atoms with van der Waals surface area (Å²) in [5, 5.41) is 6.97. The molecule has 1 aromatic carbocycles. The van der Waals surface area contributed by atoms with Crippen LogP contribution >= 0.6 is 0 Å². The summed E-state index contributed by atoms with van der Waals surface area (Å²) in [7, 11) is 0. The first kappa shape index (κ1) is 11.7. The Morgan fingerprint density at radius 2 is 2.00 bits per heavy atom. The van der Waals surface area contributed by atoms with Crippen molar-refractivity contribution < 1.29 is 4.42 Å². The number of nitrogens with one attached hydrogen (secondary N) is 1. The minimum atomic E-state index is -0.322. The molecule has 0 radical (unpaired) electrons. The van der Waals surface area contributed by atoms with Crippen LogP contribution in [0.5, 0.6) is 0 Å². The van der Waals surface area contributed by atoms with E-state index in [1.807, 2.05) is 37.3 Å². The third-order valence-electron chi connectivity index (χ3n) is 2.98. The van der Waals surface area contributed by atoms with E-state index in [1.165, 1.54) is 5.56 Å². The molecule has 3 aromatic rings. The van der Waals surface area contributed by atoms with Gasteiger partial charge >= 0.3 is 0 Å². The molecule has 0 saturated heterocycles. The van der Waals surface area contributed by atoms with Crippen LogP contribution in [0.1, 0.15) is 23.0 Å². The van der Waals surface area contributed by atoms with Gasteiger partial charge in [0, 0.05) is 0 Å². The predicted molar refractivity (Wildman–Crippen MR) is 71.3 cm³/mol. The van der Waals surface area contributed by atoms with Gasteiger partial charge in [0.1, 0.15) is 5.82 Å². The van der Waals surface area contributed by atoms with Crippen molar-refractivity contribution in [3.8, 4) is 11.6 Å². The maximum atomic E-state index is 6.17. The molecule has 2 aromatic heterocycles. The zero-order valence-electron chi connectivity index (χ0n) is 10.5. The van der Waals surface area contributed by atoms with Gasteiger partial charge in [-0.25, -0.2) is 4.98 Å². The van der Waals surface area contributed by atoms with E-state index >= 15 is 0 Å². The number of aromatic amines is 1. The number of furan rings is 1. The van der Waals surface area contributed by atoms with E-state index in [9.17, 15) is 0 Å². The van der Waals surface area contributed by atoms with E-state index in [2.05, 4.69) is 15.2 Å². The third kappa shape index (κ3) is 2.28. The summed E-state index contributed by atoms with van der Waals surface area (Å²) in [5.74, 6) is 1.76. The number of rotatable bonds is 3. The number of H-pyrrole nitrogens is 1. The van der Waals surface area contributed by atoms with Gasteiger partial charge in [-0.2, -0.15) is 0 Å². The SMILES string of the molecule is Cc1ccc(C(N)c2nc(-c3ccco3)n[nH]2)cc1. The standard InChI is InChI=1S/C14H14N4O/c1-9-4-6-10(7-5-9)12(15)14-16-13(17-18-14)11-3-2-8-19-11/h2-8,12H,15H2,1H3,(H,16,17,18). The summed E-state index contributed by atoms with van der Waals surface area (Å²) in [6.45, 7) is 2.04. The highest BCUT2D eigenvalue weighted by Crippen LogP contribution is 2.20. The minimum Gasteiger partial charge on any atom is -0.461 e. The van der Waals surface area contributed by atoms with E-state index in [4.69, 9.17) is 10.2 Å². The molecule has 3 rings (SSSR count). The largest absolute Gasteiger partial charge is 0.461 e. The van der Waals surface area contributed by atoms with Gasteiger partial charge in [-0.15, -0.1) is 5.10 Å². The first-order valence-corrected chi connectivity index (χ1v) is 6.02. The van der Waals surface area contributed by atoms with Crippen molar-refractivity contribution in [1.29, 1.82) is 0 Å². The second-order valence-electron chi connectivity index (χ2n) is 4.41. The minimum absolute atomic E-state index is 0.322. The van der Waals surface area contributed by atoms with E-state index in [1.54, 1.807) is 12.3 Å². The third-order valence-corrected chi connectivity index (χ3v) is 2.98. The van der Waals surface area contributed by atoms with Gasteiger partial charge in [0.25, 0.3) is 0 Å². The smallest absolute Gasteiger partial charge is 0.216 e. The van der Waals surface area contributed by atoms with Crippen LogP contribution in [0.3, 0.4) is 0 Å². The Morgan fingerprint density at radius 1 is 1.21 bits per heavy atom. The van der Waals surface area contributed by atoms with Crippen molar-refractivity contribution in [1.82, 2.24) is 15.2 Å². The molecule has 0 amide bonds. The van der Waals surface area contributed by atoms with Crippen molar-refractivity contribution in [2.45, 2.75) is 13.0 Å². The average molecular weight is 254 g/mol. The lowest BCUT2D eigenvalue weighted by atomic mass is 10.1. The Kier molecular flexibility index (Phi) is 2.89. The van der Waals surface area contributed by atoms with Crippen molar-refractivity contribution in [3.63, 3.8) is 0 Å². The highest BCUT2D eigenvalue weighted by Gasteiger charge is 2.15. The molecule has 96 valence electrons. The molecule has 0 aliphatic rings. The first-order valence-electron chi connectivity index (χ1n) is 6.02. The number of aromatic nitrogens is 3. The van der Waals surface area contributed by atoms with E-state index in [0.717, 1.165) is 5.56 Å². The van der Waals surface area contributed by atoms with Crippen molar-refractivity contribution in [2.75, 3.05) is 0 Å². The van der Waals surface area contributed by atoms with Crippen molar-refractivity contribution >= 4 is 0 Å². The number of nitrogens with two attached hydrogens (primary N) is 1. The maximum Gasteiger partial charge on any atom is 0.216 e. The normalized spacial score (nSPS) is 12.5. The zero-order chi connectivity index (χ0) is 13.2. The zero-order valence-corrected chi connectivity index (χ0v) is 10.5. The molecule has 1 atom stereocenters. The van der Waals surface area contributed by atoms with Crippen LogP contribution in [0.15, 0.2) is 47.1 Å². The van der Waals surface area contributed by atoms with E-state index < -0.39 is 0 Å². The van der Waals surface area contributed by atoms with Crippen molar-refractivity contribution in [2.24, 2.45) is 5.73 Å². The second-order valence-corrected chi connectivity index (χ2v) is 4.41. The molecule has 19 heavy (non-hydrogen) atoms. The van der Waals surface area contributed by atoms with Gasteiger partial charge in [-0.1, -0.05) is 29.8 Å². The topological polar surface area (TPSA) is 80.7 Å². The molecule has 3 N–H and O–H groups in total. The van der Waals surface area contributed by atoms with E-state index in [-0.39, 0.29) is 6.04 Å². The molecular formula is C14H14N4O.